The fourth-order valence-electron chi connectivity index (χ4n) is 0.946. The molecule has 4 heteroatoms. The molecule has 0 fully saturated rings. The van der Waals surface area contributed by atoms with Crippen LogP contribution in [0.15, 0.2) is 4.52 Å². The van der Waals surface area contributed by atoms with E-state index in [1.807, 2.05) is 0 Å². The molecule has 0 radical (unpaired) electrons. The molecule has 12 heavy (non-hydrogen) atoms. The van der Waals surface area contributed by atoms with E-state index in [9.17, 15) is 0 Å². The maximum absolute atomic E-state index is 5.87. The standard InChI is InChI=1S/C8H15N3O/c1-4-5(2)7(9)8-10-6(3)11-12-8/h5,7H,4,9H2,1-3H3/t5?,7-/m0/s1. The van der Waals surface area contributed by atoms with Crippen LogP contribution in [0.1, 0.15) is 38.0 Å². The Kier molecular flexibility index (Phi) is 2.81. The molecule has 0 aromatic carbocycles. The second-order valence-corrected chi connectivity index (χ2v) is 3.09. The van der Waals surface area contributed by atoms with Gasteiger partial charge in [-0.05, 0) is 12.8 Å². The van der Waals surface area contributed by atoms with E-state index in [2.05, 4.69) is 24.0 Å². The van der Waals surface area contributed by atoms with Gasteiger partial charge in [0.2, 0.25) is 5.89 Å². The smallest absolute Gasteiger partial charge is 0.243 e. The van der Waals surface area contributed by atoms with Crippen LogP contribution in [0.3, 0.4) is 0 Å². The molecule has 1 aromatic rings. The van der Waals surface area contributed by atoms with Crippen LogP contribution in [0.2, 0.25) is 0 Å². The number of aromatic nitrogens is 2. The Labute approximate surface area is 72.1 Å². The highest BCUT2D eigenvalue weighted by Crippen LogP contribution is 2.19. The fraction of sp³-hybridized carbons (Fsp3) is 0.750. The van der Waals surface area contributed by atoms with Crippen LogP contribution in [0, 0.1) is 12.8 Å². The average molecular weight is 169 g/mol. The molecule has 0 aliphatic heterocycles. The molecule has 1 rings (SSSR count). The van der Waals surface area contributed by atoms with Crippen molar-refractivity contribution in [3.63, 3.8) is 0 Å². The van der Waals surface area contributed by atoms with Gasteiger partial charge < -0.3 is 10.3 Å². The summed E-state index contributed by atoms with van der Waals surface area (Å²) in [5.41, 5.74) is 5.87. The summed E-state index contributed by atoms with van der Waals surface area (Å²) in [5, 5.41) is 3.69. The van der Waals surface area contributed by atoms with Crippen molar-refractivity contribution in [1.29, 1.82) is 0 Å². The Morgan fingerprint density at radius 2 is 2.25 bits per heavy atom. The van der Waals surface area contributed by atoms with Crippen LogP contribution in [-0.4, -0.2) is 10.1 Å². The number of rotatable bonds is 3. The second-order valence-electron chi connectivity index (χ2n) is 3.09. The third-order valence-electron chi connectivity index (χ3n) is 2.09. The SMILES string of the molecule is CCC(C)[C@H](N)c1nc(C)no1. The topological polar surface area (TPSA) is 64.9 Å². The van der Waals surface area contributed by atoms with Crippen LogP contribution in [0.5, 0.6) is 0 Å². The normalized spacial score (nSPS) is 16.0. The minimum atomic E-state index is -0.129. The fourth-order valence-corrected chi connectivity index (χ4v) is 0.946. The lowest BCUT2D eigenvalue weighted by molar-refractivity contribution is 0.311. The van der Waals surface area contributed by atoms with Crippen LogP contribution < -0.4 is 5.73 Å². The van der Waals surface area contributed by atoms with Crippen molar-refractivity contribution in [2.45, 2.75) is 33.2 Å². The highest BCUT2D eigenvalue weighted by molar-refractivity contribution is 4.91. The summed E-state index contributed by atoms with van der Waals surface area (Å²) in [5.74, 6) is 1.57. The molecule has 0 bridgehead atoms. The van der Waals surface area contributed by atoms with Gasteiger partial charge in [0.25, 0.3) is 0 Å². The molecular formula is C8H15N3O. The summed E-state index contributed by atoms with van der Waals surface area (Å²) in [4.78, 5) is 4.08. The van der Waals surface area contributed by atoms with E-state index in [1.165, 1.54) is 0 Å². The predicted molar refractivity (Wildman–Crippen MR) is 45.4 cm³/mol. The summed E-state index contributed by atoms with van der Waals surface area (Å²) >= 11 is 0. The van der Waals surface area contributed by atoms with Gasteiger partial charge in [-0.25, -0.2) is 0 Å². The monoisotopic (exact) mass is 169 g/mol. The molecule has 0 amide bonds. The molecule has 1 unspecified atom stereocenters. The molecule has 68 valence electrons. The lowest BCUT2D eigenvalue weighted by atomic mass is 10.0. The third-order valence-corrected chi connectivity index (χ3v) is 2.09. The van der Waals surface area contributed by atoms with E-state index in [0.717, 1.165) is 6.42 Å². The first-order chi connectivity index (χ1) is 5.65. The lowest BCUT2D eigenvalue weighted by Crippen LogP contribution is -2.18. The largest absolute Gasteiger partial charge is 0.338 e. The summed E-state index contributed by atoms with van der Waals surface area (Å²) in [6.07, 6.45) is 1.02. The van der Waals surface area contributed by atoms with E-state index < -0.39 is 0 Å². The van der Waals surface area contributed by atoms with Crippen molar-refractivity contribution in [2.75, 3.05) is 0 Å². The molecule has 0 saturated carbocycles. The quantitative estimate of drug-likeness (QED) is 0.743. The van der Waals surface area contributed by atoms with Crippen molar-refractivity contribution < 1.29 is 4.52 Å². The second kappa shape index (κ2) is 3.67. The minimum Gasteiger partial charge on any atom is -0.338 e. The van der Waals surface area contributed by atoms with E-state index in [4.69, 9.17) is 10.3 Å². The van der Waals surface area contributed by atoms with E-state index in [1.54, 1.807) is 6.92 Å². The first-order valence-corrected chi connectivity index (χ1v) is 4.21. The molecule has 1 heterocycles. The minimum absolute atomic E-state index is 0.129. The molecule has 0 saturated heterocycles. The first kappa shape index (κ1) is 9.19. The van der Waals surface area contributed by atoms with Gasteiger partial charge in [0, 0.05) is 0 Å². The van der Waals surface area contributed by atoms with Gasteiger partial charge >= 0.3 is 0 Å². The first-order valence-electron chi connectivity index (χ1n) is 4.21. The van der Waals surface area contributed by atoms with Gasteiger partial charge in [-0.3, -0.25) is 0 Å². The lowest BCUT2D eigenvalue weighted by Gasteiger charge is -2.12. The number of hydrogen-bond acceptors (Lipinski definition) is 4. The average Bonchev–Trinajstić information content (AvgIpc) is 2.49. The van der Waals surface area contributed by atoms with E-state index >= 15 is 0 Å². The number of aryl methyl sites for hydroxylation is 1. The van der Waals surface area contributed by atoms with Crippen molar-refractivity contribution in [3.8, 4) is 0 Å². The summed E-state index contributed by atoms with van der Waals surface area (Å²) in [7, 11) is 0. The van der Waals surface area contributed by atoms with Crippen LogP contribution in [0.25, 0.3) is 0 Å². The van der Waals surface area contributed by atoms with Gasteiger partial charge in [0.1, 0.15) is 0 Å². The molecule has 0 aliphatic carbocycles. The Balaban J connectivity index is 2.70. The molecule has 2 N–H and O–H groups in total. The molecule has 1 aromatic heterocycles. The zero-order chi connectivity index (χ0) is 9.14. The maximum Gasteiger partial charge on any atom is 0.243 e. The van der Waals surface area contributed by atoms with Crippen molar-refractivity contribution in [1.82, 2.24) is 10.1 Å². The Bertz CT molecular complexity index is 246. The van der Waals surface area contributed by atoms with Crippen molar-refractivity contribution >= 4 is 0 Å². The van der Waals surface area contributed by atoms with Gasteiger partial charge in [0.05, 0.1) is 6.04 Å². The molecule has 0 spiro atoms. The van der Waals surface area contributed by atoms with Gasteiger partial charge in [0.15, 0.2) is 5.82 Å². The van der Waals surface area contributed by atoms with Crippen LogP contribution in [0.4, 0.5) is 0 Å². The highest BCUT2D eigenvalue weighted by atomic mass is 16.5. The van der Waals surface area contributed by atoms with Crippen LogP contribution >= 0.6 is 0 Å². The Morgan fingerprint density at radius 1 is 1.58 bits per heavy atom. The van der Waals surface area contributed by atoms with Crippen molar-refractivity contribution in [2.24, 2.45) is 11.7 Å². The summed E-state index contributed by atoms with van der Waals surface area (Å²) < 4.78 is 4.96. The zero-order valence-electron chi connectivity index (χ0n) is 7.74. The van der Waals surface area contributed by atoms with E-state index in [-0.39, 0.29) is 6.04 Å². The number of nitrogens with zero attached hydrogens (tertiary/aromatic N) is 2. The molecule has 0 aliphatic rings. The Hall–Kier alpha value is -0.900. The van der Waals surface area contributed by atoms with Gasteiger partial charge in [-0.2, -0.15) is 4.98 Å². The number of nitrogens with two attached hydrogens (primary N) is 1. The van der Waals surface area contributed by atoms with Crippen molar-refractivity contribution in [3.05, 3.63) is 11.7 Å². The van der Waals surface area contributed by atoms with Gasteiger partial charge in [-0.15, -0.1) is 0 Å². The highest BCUT2D eigenvalue weighted by Gasteiger charge is 2.18. The molecule has 2 atom stereocenters. The predicted octanol–water partition coefficient (Wildman–Crippen LogP) is 1.42. The number of hydrogen-bond donors (Lipinski definition) is 1. The molecular weight excluding hydrogens is 154 g/mol. The van der Waals surface area contributed by atoms with Gasteiger partial charge in [-0.1, -0.05) is 25.4 Å². The maximum atomic E-state index is 5.87. The van der Waals surface area contributed by atoms with E-state index in [0.29, 0.717) is 17.6 Å². The zero-order valence-corrected chi connectivity index (χ0v) is 7.74. The molecule has 4 nitrogen and oxygen atoms in total. The summed E-state index contributed by atoms with van der Waals surface area (Å²) in [6, 6.07) is -0.129. The van der Waals surface area contributed by atoms with Crippen LogP contribution in [-0.2, 0) is 0 Å². The summed E-state index contributed by atoms with van der Waals surface area (Å²) in [6.45, 7) is 5.95. The Morgan fingerprint density at radius 3 is 2.67 bits per heavy atom. The third kappa shape index (κ3) is 1.82.